The molecule has 7 nitrogen and oxygen atoms in total. The van der Waals surface area contributed by atoms with E-state index in [4.69, 9.17) is 10.6 Å². The van der Waals surface area contributed by atoms with Gasteiger partial charge in [-0.3, -0.25) is 10.1 Å². The average molecular weight is 365 g/mol. The van der Waals surface area contributed by atoms with Crippen molar-refractivity contribution in [2.45, 2.75) is 20.5 Å². The Kier molecular flexibility index (Phi) is 5.42. The van der Waals surface area contributed by atoms with E-state index in [1.54, 1.807) is 6.20 Å². The van der Waals surface area contributed by atoms with Gasteiger partial charge in [-0.15, -0.1) is 0 Å². The Labute approximate surface area is 158 Å². The second-order valence-corrected chi connectivity index (χ2v) is 6.37. The minimum Gasteiger partial charge on any atom is -0.489 e. The van der Waals surface area contributed by atoms with Crippen LogP contribution in [0.1, 0.15) is 16.7 Å². The summed E-state index contributed by atoms with van der Waals surface area (Å²) >= 11 is 0. The van der Waals surface area contributed by atoms with Crippen LogP contribution in [-0.2, 0) is 6.61 Å². The molecule has 2 amide bonds. The number of aromatic amines is 1. The van der Waals surface area contributed by atoms with Crippen LogP contribution >= 0.6 is 0 Å². The number of aromatic nitrogens is 2. The molecule has 0 aliphatic rings. The largest absolute Gasteiger partial charge is 0.489 e. The van der Waals surface area contributed by atoms with Gasteiger partial charge in [-0.1, -0.05) is 12.1 Å². The second-order valence-electron chi connectivity index (χ2n) is 6.37. The molecule has 0 radical (unpaired) electrons. The number of carbonyl (C=O) groups excluding carboxylic acids is 1. The molecule has 0 saturated heterocycles. The number of nitrogens with zero attached hydrogens (tertiary/aromatic N) is 2. The number of anilines is 1. The summed E-state index contributed by atoms with van der Waals surface area (Å²) in [6.07, 6.45) is 1.79. The zero-order valence-electron chi connectivity index (χ0n) is 15.6. The first kappa shape index (κ1) is 18.5. The number of carbonyl (C=O) groups is 1. The molecule has 1 heterocycles. The van der Waals surface area contributed by atoms with Gasteiger partial charge in [-0.05, 0) is 55.3 Å². The van der Waals surface area contributed by atoms with Crippen molar-refractivity contribution in [1.82, 2.24) is 15.2 Å². The molecule has 0 spiro atoms. The minimum absolute atomic E-state index is 0.333. The van der Waals surface area contributed by atoms with Crippen molar-refractivity contribution in [2.75, 3.05) is 12.4 Å². The first-order chi connectivity index (χ1) is 13.0. The number of benzene rings is 2. The molecule has 3 rings (SSSR count). The lowest BCUT2D eigenvalue weighted by molar-refractivity contribution is 0.223. The van der Waals surface area contributed by atoms with E-state index in [9.17, 15) is 4.79 Å². The van der Waals surface area contributed by atoms with Crippen molar-refractivity contribution in [1.29, 1.82) is 0 Å². The van der Waals surface area contributed by atoms with Gasteiger partial charge in [0.25, 0.3) is 0 Å². The van der Waals surface area contributed by atoms with Gasteiger partial charge in [0.2, 0.25) is 0 Å². The van der Waals surface area contributed by atoms with Crippen LogP contribution in [0.4, 0.5) is 10.5 Å². The highest BCUT2D eigenvalue weighted by Crippen LogP contribution is 2.27. The smallest absolute Gasteiger partial charge is 0.335 e. The van der Waals surface area contributed by atoms with Crippen LogP contribution in [0.2, 0.25) is 0 Å². The molecule has 0 unspecified atom stereocenters. The fraction of sp³-hybridized carbons (Fsp3) is 0.200. The highest BCUT2D eigenvalue weighted by molar-refractivity contribution is 5.89. The lowest BCUT2D eigenvalue weighted by Gasteiger charge is -2.17. The molecule has 0 aliphatic carbocycles. The molecular formula is C20H23N5O2. The highest BCUT2D eigenvalue weighted by Gasteiger charge is 2.12. The molecule has 0 fully saturated rings. The SMILES string of the molecule is Cc1cc(-c2cc[nH]n2)ccc1OCc1c(C)cccc1NC(=O)N(C)N. The number of hydrogen-bond donors (Lipinski definition) is 3. The first-order valence-corrected chi connectivity index (χ1v) is 8.57. The van der Waals surface area contributed by atoms with Crippen molar-refractivity contribution < 1.29 is 9.53 Å². The number of amides is 2. The van der Waals surface area contributed by atoms with Crippen LogP contribution in [-0.4, -0.2) is 28.3 Å². The first-order valence-electron chi connectivity index (χ1n) is 8.57. The van der Waals surface area contributed by atoms with E-state index in [0.29, 0.717) is 12.3 Å². The third-order valence-electron chi connectivity index (χ3n) is 4.32. The number of rotatable bonds is 5. The lowest BCUT2D eigenvalue weighted by atomic mass is 10.1. The third kappa shape index (κ3) is 4.27. The Morgan fingerprint density at radius 3 is 2.70 bits per heavy atom. The number of nitrogens with one attached hydrogen (secondary N) is 2. The molecule has 4 N–H and O–H groups in total. The van der Waals surface area contributed by atoms with E-state index < -0.39 is 0 Å². The molecule has 1 aromatic heterocycles. The van der Waals surface area contributed by atoms with Gasteiger partial charge < -0.3 is 10.1 Å². The summed E-state index contributed by atoms with van der Waals surface area (Å²) in [4.78, 5) is 11.9. The number of hydrogen-bond acceptors (Lipinski definition) is 4. The van der Waals surface area contributed by atoms with E-state index >= 15 is 0 Å². The molecule has 140 valence electrons. The average Bonchev–Trinajstić information content (AvgIpc) is 3.16. The number of H-pyrrole nitrogens is 1. The lowest BCUT2D eigenvalue weighted by Crippen LogP contribution is -2.37. The van der Waals surface area contributed by atoms with Gasteiger partial charge in [0.15, 0.2) is 0 Å². The molecule has 27 heavy (non-hydrogen) atoms. The number of nitrogens with two attached hydrogens (primary N) is 1. The summed E-state index contributed by atoms with van der Waals surface area (Å²) in [5.41, 5.74) is 5.54. The van der Waals surface area contributed by atoms with E-state index in [2.05, 4.69) is 15.5 Å². The number of urea groups is 1. The maximum atomic E-state index is 11.9. The van der Waals surface area contributed by atoms with Crippen molar-refractivity contribution in [3.05, 3.63) is 65.4 Å². The van der Waals surface area contributed by atoms with Gasteiger partial charge in [0, 0.05) is 30.1 Å². The summed E-state index contributed by atoms with van der Waals surface area (Å²) in [7, 11) is 1.49. The standard InChI is InChI=1S/C20H23N5O2/c1-13-5-4-6-18(23-20(26)25(3)21)16(13)12-27-19-8-7-15(11-14(19)2)17-9-10-22-24-17/h4-11H,12,21H2,1-3H3,(H,22,24)(H,23,26). The molecule has 0 atom stereocenters. The van der Waals surface area contributed by atoms with E-state index in [1.165, 1.54) is 7.05 Å². The van der Waals surface area contributed by atoms with Crippen LogP contribution in [0, 0.1) is 13.8 Å². The molecule has 3 aromatic rings. The predicted octanol–water partition coefficient (Wildman–Crippen LogP) is 3.61. The third-order valence-corrected chi connectivity index (χ3v) is 4.32. The van der Waals surface area contributed by atoms with Gasteiger partial charge in [0.1, 0.15) is 12.4 Å². The zero-order valence-corrected chi connectivity index (χ0v) is 15.6. The minimum atomic E-state index is -0.388. The Balaban J connectivity index is 1.78. The maximum absolute atomic E-state index is 11.9. The molecular weight excluding hydrogens is 342 g/mol. The summed E-state index contributed by atoms with van der Waals surface area (Å²) in [6.45, 7) is 4.31. The fourth-order valence-corrected chi connectivity index (χ4v) is 2.76. The van der Waals surface area contributed by atoms with Crippen molar-refractivity contribution >= 4 is 11.7 Å². The Hall–Kier alpha value is -3.32. The Bertz CT molecular complexity index is 936. The summed E-state index contributed by atoms with van der Waals surface area (Å²) in [5, 5.41) is 10.8. The normalized spacial score (nSPS) is 10.5. The Morgan fingerprint density at radius 1 is 1.22 bits per heavy atom. The second kappa shape index (κ2) is 7.92. The van der Waals surface area contributed by atoms with Crippen molar-refractivity contribution in [3.8, 4) is 17.0 Å². The molecule has 7 heteroatoms. The highest BCUT2D eigenvalue weighted by atomic mass is 16.5. The van der Waals surface area contributed by atoms with Gasteiger partial charge in [0.05, 0.1) is 5.69 Å². The number of ether oxygens (including phenoxy) is 1. The van der Waals surface area contributed by atoms with Gasteiger partial charge in [-0.2, -0.15) is 5.10 Å². The van der Waals surface area contributed by atoms with Crippen LogP contribution in [0.25, 0.3) is 11.3 Å². The Morgan fingerprint density at radius 2 is 2.04 bits per heavy atom. The number of aryl methyl sites for hydroxylation is 2. The fourth-order valence-electron chi connectivity index (χ4n) is 2.76. The van der Waals surface area contributed by atoms with E-state index in [-0.39, 0.29) is 6.03 Å². The van der Waals surface area contributed by atoms with Gasteiger partial charge in [-0.25, -0.2) is 10.6 Å². The van der Waals surface area contributed by atoms with E-state index in [1.807, 2.05) is 56.3 Å². The topological polar surface area (TPSA) is 96.3 Å². The summed E-state index contributed by atoms with van der Waals surface area (Å²) in [5.74, 6) is 6.28. The maximum Gasteiger partial charge on any atom is 0.335 e. The molecule has 0 bridgehead atoms. The van der Waals surface area contributed by atoms with Crippen LogP contribution in [0.5, 0.6) is 5.75 Å². The van der Waals surface area contributed by atoms with Crippen LogP contribution in [0.3, 0.4) is 0 Å². The number of hydrazine groups is 1. The van der Waals surface area contributed by atoms with Crippen LogP contribution < -0.4 is 15.9 Å². The molecule has 0 aliphatic heterocycles. The van der Waals surface area contributed by atoms with Crippen LogP contribution in [0.15, 0.2) is 48.7 Å². The zero-order chi connectivity index (χ0) is 19.4. The predicted molar refractivity (Wildman–Crippen MR) is 105 cm³/mol. The summed E-state index contributed by atoms with van der Waals surface area (Å²) < 4.78 is 6.03. The van der Waals surface area contributed by atoms with Crippen molar-refractivity contribution in [3.63, 3.8) is 0 Å². The molecule has 2 aromatic carbocycles. The van der Waals surface area contributed by atoms with E-state index in [0.717, 1.165) is 38.7 Å². The van der Waals surface area contributed by atoms with Gasteiger partial charge >= 0.3 is 6.03 Å². The molecule has 0 saturated carbocycles. The monoisotopic (exact) mass is 365 g/mol. The summed E-state index contributed by atoms with van der Waals surface area (Å²) in [6, 6.07) is 13.2. The van der Waals surface area contributed by atoms with Crippen molar-refractivity contribution in [2.24, 2.45) is 5.84 Å². The quantitative estimate of drug-likeness (QED) is 0.366.